The molecule has 30 heavy (non-hydrogen) atoms. The van der Waals surface area contributed by atoms with Gasteiger partial charge in [-0.1, -0.05) is 0 Å². The topological polar surface area (TPSA) is 122 Å². The second kappa shape index (κ2) is 7.60. The van der Waals surface area contributed by atoms with Gasteiger partial charge in [-0.05, 0) is 64.8 Å². The number of hydrogen-bond acceptors (Lipinski definition) is 7. The Kier molecular flexibility index (Phi) is 4.96. The third-order valence-electron chi connectivity index (χ3n) is 4.44. The molecule has 0 aliphatic carbocycles. The van der Waals surface area contributed by atoms with Crippen molar-refractivity contribution in [3.8, 4) is 23.0 Å². The van der Waals surface area contributed by atoms with Gasteiger partial charge < -0.3 is 14.6 Å². The molecule has 9 heteroatoms. The molecule has 3 aromatic carbocycles. The van der Waals surface area contributed by atoms with Gasteiger partial charge in [-0.15, -0.1) is 0 Å². The van der Waals surface area contributed by atoms with E-state index in [0.717, 1.165) is 0 Å². The summed E-state index contributed by atoms with van der Waals surface area (Å²) in [6.07, 6.45) is 1.37. The summed E-state index contributed by atoms with van der Waals surface area (Å²) in [5.74, 6) is 0.442. The number of phenols is 2. The number of phenolic OH excluding ortho intramolecular Hbond substituents is 2. The van der Waals surface area contributed by atoms with Crippen molar-refractivity contribution in [1.82, 2.24) is 4.98 Å². The molecule has 4 rings (SSSR count). The van der Waals surface area contributed by atoms with Crippen LogP contribution in [0.2, 0.25) is 0 Å². The molecule has 0 atom stereocenters. The monoisotopic (exact) mass is 467 g/mol. The van der Waals surface area contributed by atoms with E-state index in [1.807, 2.05) is 0 Å². The van der Waals surface area contributed by atoms with Crippen molar-refractivity contribution in [2.75, 3.05) is 0 Å². The van der Waals surface area contributed by atoms with Gasteiger partial charge in [-0.25, -0.2) is 4.98 Å². The summed E-state index contributed by atoms with van der Waals surface area (Å²) in [4.78, 5) is 19.3. The lowest BCUT2D eigenvalue weighted by atomic mass is 10.1. The number of rotatable bonds is 4. The Morgan fingerprint density at radius 3 is 2.70 bits per heavy atom. The zero-order valence-corrected chi connectivity index (χ0v) is 17.1. The molecule has 0 spiro atoms. The van der Waals surface area contributed by atoms with Gasteiger partial charge in [-0.3, -0.25) is 15.1 Å². The molecule has 1 heterocycles. The van der Waals surface area contributed by atoms with Crippen molar-refractivity contribution in [1.29, 1.82) is 0 Å². The van der Waals surface area contributed by atoms with Gasteiger partial charge in [0.25, 0.3) is 5.69 Å². The summed E-state index contributed by atoms with van der Waals surface area (Å²) >= 11 is 3.27. The highest BCUT2D eigenvalue weighted by Gasteiger charge is 2.13. The summed E-state index contributed by atoms with van der Waals surface area (Å²) in [6, 6.07) is 12.6. The molecule has 0 saturated heterocycles. The normalized spacial score (nSPS) is 11.4. The van der Waals surface area contributed by atoms with Crippen LogP contribution in [0.15, 0.2) is 62.4 Å². The molecule has 0 fully saturated rings. The van der Waals surface area contributed by atoms with Crippen LogP contribution in [0.1, 0.15) is 11.1 Å². The fraction of sp³-hybridized carbons (Fsp3) is 0.0476. The molecule has 1 aromatic heterocycles. The minimum atomic E-state index is -0.519. The summed E-state index contributed by atoms with van der Waals surface area (Å²) in [5, 5.41) is 30.8. The highest BCUT2D eigenvalue weighted by Crippen LogP contribution is 2.32. The van der Waals surface area contributed by atoms with Crippen molar-refractivity contribution in [2.24, 2.45) is 4.99 Å². The molecular weight excluding hydrogens is 454 g/mol. The predicted molar refractivity (Wildman–Crippen MR) is 116 cm³/mol. The highest BCUT2D eigenvalue weighted by atomic mass is 79.9. The molecule has 4 aromatic rings. The third-order valence-corrected chi connectivity index (χ3v) is 5.08. The van der Waals surface area contributed by atoms with E-state index in [1.165, 1.54) is 24.4 Å². The lowest BCUT2D eigenvalue weighted by molar-refractivity contribution is -0.384. The Bertz CT molecular complexity index is 1330. The Labute approximate surface area is 178 Å². The summed E-state index contributed by atoms with van der Waals surface area (Å²) < 4.78 is 6.29. The van der Waals surface area contributed by atoms with E-state index in [4.69, 9.17) is 4.42 Å². The van der Waals surface area contributed by atoms with E-state index in [1.54, 1.807) is 37.3 Å². The molecule has 0 unspecified atom stereocenters. The molecule has 0 saturated carbocycles. The van der Waals surface area contributed by atoms with Crippen molar-refractivity contribution >= 4 is 44.6 Å². The number of benzene rings is 3. The number of nitro groups is 1. The molecule has 0 amide bonds. The van der Waals surface area contributed by atoms with Crippen LogP contribution in [0.3, 0.4) is 0 Å². The van der Waals surface area contributed by atoms with Gasteiger partial charge in [0.15, 0.2) is 5.58 Å². The van der Waals surface area contributed by atoms with Gasteiger partial charge >= 0.3 is 0 Å². The number of nitrogens with zero attached hydrogens (tertiary/aromatic N) is 3. The van der Waals surface area contributed by atoms with Crippen molar-refractivity contribution in [2.45, 2.75) is 6.92 Å². The molecule has 0 aliphatic rings. The van der Waals surface area contributed by atoms with Gasteiger partial charge in [-0.2, -0.15) is 0 Å². The first-order valence-corrected chi connectivity index (χ1v) is 9.52. The van der Waals surface area contributed by atoms with Gasteiger partial charge in [0.1, 0.15) is 17.0 Å². The van der Waals surface area contributed by atoms with E-state index in [9.17, 15) is 20.3 Å². The standard InChI is InChI=1S/C21H14BrN3O5/c1-11-6-15(25(28)29)7-13(20(11)27)10-23-14-3-5-19-17(9-14)24-21(30-19)12-2-4-18(26)16(22)8-12/h2-10,26-27H,1H3. The molecule has 150 valence electrons. The van der Waals surface area contributed by atoms with Gasteiger partial charge in [0.2, 0.25) is 5.89 Å². The van der Waals surface area contributed by atoms with Gasteiger partial charge in [0, 0.05) is 29.5 Å². The maximum absolute atomic E-state index is 11.0. The Morgan fingerprint density at radius 1 is 1.17 bits per heavy atom. The van der Waals surface area contributed by atoms with Crippen molar-refractivity contribution in [3.05, 3.63) is 74.2 Å². The van der Waals surface area contributed by atoms with Crippen LogP contribution < -0.4 is 0 Å². The number of fused-ring (bicyclic) bond motifs is 1. The second-order valence-electron chi connectivity index (χ2n) is 6.55. The minimum Gasteiger partial charge on any atom is -0.507 e. The number of aromatic nitrogens is 1. The molecular formula is C21H14BrN3O5. The van der Waals surface area contributed by atoms with Crippen LogP contribution >= 0.6 is 15.9 Å². The number of aryl methyl sites for hydroxylation is 1. The average Bonchev–Trinajstić information content (AvgIpc) is 3.14. The SMILES string of the molecule is Cc1cc([N+](=O)[O-])cc(C=Nc2ccc3oc(-c4ccc(O)c(Br)c4)nc3c2)c1O. The molecule has 2 N–H and O–H groups in total. The number of oxazole rings is 1. The van der Waals surface area contributed by atoms with Crippen LogP contribution in [-0.4, -0.2) is 26.3 Å². The molecule has 0 aliphatic heterocycles. The maximum Gasteiger partial charge on any atom is 0.270 e. The number of hydrogen-bond donors (Lipinski definition) is 2. The number of aromatic hydroxyl groups is 2. The largest absolute Gasteiger partial charge is 0.507 e. The van der Waals surface area contributed by atoms with E-state index in [0.29, 0.717) is 38.3 Å². The van der Waals surface area contributed by atoms with Crippen LogP contribution in [0, 0.1) is 17.0 Å². The fourth-order valence-electron chi connectivity index (χ4n) is 2.89. The smallest absolute Gasteiger partial charge is 0.270 e. The van der Waals surface area contributed by atoms with E-state index in [2.05, 4.69) is 25.9 Å². The minimum absolute atomic E-state index is 0.0629. The fourth-order valence-corrected chi connectivity index (χ4v) is 3.27. The Morgan fingerprint density at radius 2 is 1.97 bits per heavy atom. The molecule has 0 bridgehead atoms. The number of aliphatic imine (C=N–C) groups is 1. The lowest BCUT2D eigenvalue weighted by Gasteiger charge is -2.03. The molecule has 8 nitrogen and oxygen atoms in total. The number of halogens is 1. The highest BCUT2D eigenvalue weighted by molar-refractivity contribution is 9.10. The maximum atomic E-state index is 11.0. The molecule has 0 radical (unpaired) electrons. The number of non-ortho nitro benzene ring substituents is 1. The first kappa shape index (κ1) is 19.6. The first-order valence-electron chi connectivity index (χ1n) is 8.73. The zero-order valence-electron chi connectivity index (χ0n) is 15.5. The average molecular weight is 468 g/mol. The van der Waals surface area contributed by atoms with Crippen LogP contribution in [0.4, 0.5) is 11.4 Å². The van der Waals surface area contributed by atoms with Crippen molar-refractivity contribution < 1.29 is 19.6 Å². The predicted octanol–water partition coefficient (Wildman–Crippen LogP) is 5.64. The van der Waals surface area contributed by atoms with Crippen LogP contribution in [0.5, 0.6) is 11.5 Å². The van der Waals surface area contributed by atoms with Crippen molar-refractivity contribution in [3.63, 3.8) is 0 Å². The van der Waals surface area contributed by atoms with E-state index >= 15 is 0 Å². The van der Waals surface area contributed by atoms with Crippen LogP contribution in [0.25, 0.3) is 22.6 Å². The van der Waals surface area contributed by atoms with E-state index in [-0.39, 0.29) is 22.7 Å². The number of nitro benzene ring substituents is 1. The second-order valence-corrected chi connectivity index (χ2v) is 7.41. The summed E-state index contributed by atoms with van der Waals surface area (Å²) in [5.41, 5.74) is 2.88. The zero-order chi connectivity index (χ0) is 21.4. The lowest BCUT2D eigenvalue weighted by Crippen LogP contribution is -1.93. The third kappa shape index (κ3) is 3.74. The van der Waals surface area contributed by atoms with Crippen LogP contribution in [-0.2, 0) is 0 Å². The Balaban J connectivity index is 1.68. The summed E-state index contributed by atoms with van der Waals surface area (Å²) in [6.45, 7) is 1.59. The van der Waals surface area contributed by atoms with E-state index < -0.39 is 4.92 Å². The first-order chi connectivity index (χ1) is 14.3. The Hall–Kier alpha value is -3.72. The van der Waals surface area contributed by atoms with Gasteiger partial charge in [0.05, 0.1) is 15.1 Å². The quantitative estimate of drug-likeness (QED) is 0.227. The summed E-state index contributed by atoms with van der Waals surface area (Å²) in [7, 11) is 0.